The number of methoxy groups -OCH3 is 2. The van der Waals surface area contributed by atoms with E-state index in [2.05, 4.69) is 0 Å². The first kappa shape index (κ1) is 22.3. The molecule has 0 bridgehead atoms. The molecule has 33 heavy (non-hydrogen) atoms. The smallest absolute Gasteiger partial charge is 0.289 e. The van der Waals surface area contributed by atoms with Gasteiger partial charge in [-0.2, -0.15) is 0 Å². The van der Waals surface area contributed by atoms with Gasteiger partial charge in [0.1, 0.15) is 11.6 Å². The summed E-state index contributed by atoms with van der Waals surface area (Å²) in [4.78, 5) is 14.5. The molecule has 1 amide bonds. The average Bonchev–Trinajstić information content (AvgIpc) is 3.08. The van der Waals surface area contributed by atoms with Crippen molar-refractivity contribution in [2.75, 3.05) is 20.8 Å². The number of aliphatic hydroxyl groups is 1. The van der Waals surface area contributed by atoms with E-state index in [0.29, 0.717) is 23.5 Å². The second-order valence-electron chi connectivity index (χ2n) is 7.63. The molecule has 1 N–H and O–H groups in total. The second-order valence-corrected chi connectivity index (χ2v) is 7.63. The maximum absolute atomic E-state index is 14.8. The van der Waals surface area contributed by atoms with Crippen molar-refractivity contribution in [1.82, 2.24) is 4.90 Å². The van der Waals surface area contributed by atoms with Crippen LogP contribution in [-0.4, -0.2) is 36.7 Å². The largest absolute Gasteiger partial charge is 0.503 e. The molecule has 1 unspecified atom stereocenters. The van der Waals surface area contributed by atoms with Crippen LogP contribution in [0.4, 0.5) is 8.78 Å². The van der Waals surface area contributed by atoms with Crippen molar-refractivity contribution >= 4 is 11.5 Å². The molecular weight excluding hydrogens is 428 g/mol. The van der Waals surface area contributed by atoms with Gasteiger partial charge in [0, 0.05) is 17.7 Å². The lowest BCUT2D eigenvalue weighted by atomic mass is 9.93. The van der Waals surface area contributed by atoms with E-state index in [1.54, 1.807) is 31.4 Å². The van der Waals surface area contributed by atoms with E-state index >= 15 is 0 Å². The molecule has 170 valence electrons. The van der Waals surface area contributed by atoms with Crippen LogP contribution in [0.15, 0.2) is 72.5 Å². The van der Waals surface area contributed by atoms with E-state index in [1.165, 1.54) is 42.3 Å². The Labute approximate surface area is 190 Å². The van der Waals surface area contributed by atoms with E-state index in [0.717, 1.165) is 5.56 Å². The summed E-state index contributed by atoms with van der Waals surface area (Å²) in [6.45, 7) is 0.210. The summed E-state index contributed by atoms with van der Waals surface area (Å²) >= 11 is 0. The summed E-state index contributed by atoms with van der Waals surface area (Å²) in [5.74, 6) is -0.885. The second kappa shape index (κ2) is 9.32. The van der Waals surface area contributed by atoms with Gasteiger partial charge in [0.25, 0.3) is 5.91 Å². The number of carbonyl (C=O) groups excluding carboxylic acids is 1. The number of hydrogen-bond acceptors (Lipinski definition) is 4. The fraction of sp³-hybridized carbons (Fsp3) is 0.192. The van der Waals surface area contributed by atoms with Crippen LogP contribution in [0.5, 0.6) is 11.5 Å². The van der Waals surface area contributed by atoms with Crippen LogP contribution in [0.3, 0.4) is 0 Å². The Morgan fingerprint density at radius 2 is 1.64 bits per heavy atom. The molecule has 0 saturated heterocycles. The molecule has 0 saturated carbocycles. The number of rotatable bonds is 7. The predicted octanol–water partition coefficient (Wildman–Crippen LogP) is 5.08. The fourth-order valence-electron chi connectivity index (χ4n) is 4.11. The highest BCUT2D eigenvalue weighted by Crippen LogP contribution is 2.43. The minimum Gasteiger partial charge on any atom is -0.503 e. The van der Waals surface area contributed by atoms with Crippen LogP contribution in [0.1, 0.15) is 22.7 Å². The molecule has 3 aromatic rings. The van der Waals surface area contributed by atoms with Crippen LogP contribution < -0.4 is 9.47 Å². The number of ether oxygens (including phenoxy) is 2. The number of benzene rings is 3. The first-order valence-electron chi connectivity index (χ1n) is 10.4. The van der Waals surface area contributed by atoms with Gasteiger partial charge < -0.3 is 19.5 Å². The molecule has 0 spiro atoms. The molecule has 3 aromatic carbocycles. The number of amides is 1. The van der Waals surface area contributed by atoms with Gasteiger partial charge in [-0.05, 0) is 47.9 Å². The molecule has 0 radical (unpaired) electrons. The Bertz CT molecular complexity index is 1210. The third-order valence-corrected chi connectivity index (χ3v) is 5.75. The van der Waals surface area contributed by atoms with Crippen LogP contribution in [0, 0.1) is 11.6 Å². The van der Waals surface area contributed by atoms with Gasteiger partial charge in [-0.1, -0.05) is 36.4 Å². The van der Waals surface area contributed by atoms with Gasteiger partial charge in [-0.3, -0.25) is 4.79 Å². The van der Waals surface area contributed by atoms with Crippen molar-refractivity contribution in [3.05, 3.63) is 101 Å². The quantitative estimate of drug-likeness (QED) is 0.545. The molecule has 0 aromatic heterocycles. The van der Waals surface area contributed by atoms with Crippen molar-refractivity contribution in [1.29, 1.82) is 0 Å². The summed E-state index contributed by atoms with van der Waals surface area (Å²) in [7, 11) is 3.08. The van der Waals surface area contributed by atoms with Crippen molar-refractivity contribution in [2.24, 2.45) is 0 Å². The van der Waals surface area contributed by atoms with Gasteiger partial charge in [0.15, 0.2) is 17.3 Å². The lowest BCUT2D eigenvalue weighted by molar-refractivity contribution is -0.129. The highest BCUT2D eigenvalue weighted by atomic mass is 19.1. The molecule has 1 aliphatic rings. The van der Waals surface area contributed by atoms with Crippen molar-refractivity contribution in [2.45, 2.75) is 12.5 Å². The Morgan fingerprint density at radius 3 is 2.30 bits per heavy atom. The first-order chi connectivity index (χ1) is 15.9. The number of nitrogens with zero attached hydrogens (tertiary/aromatic N) is 1. The Kier molecular flexibility index (Phi) is 6.31. The minimum atomic E-state index is -0.857. The Balaban J connectivity index is 1.70. The first-order valence-corrected chi connectivity index (χ1v) is 10.4. The summed E-state index contributed by atoms with van der Waals surface area (Å²) in [5.41, 5.74) is 1.82. The Hall–Kier alpha value is -3.87. The summed E-state index contributed by atoms with van der Waals surface area (Å²) in [6.07, 6.45) is 0.432. The van der Waals surface area contributed by atoms with Crippen LogP contribution >= 0.6 is 0 Å². The normalized spacial score (nSPS) is 15.8. The molecule has 0 fully saturated rings. The molecule has 7 heteroatoms. The highest BCUT2D eigenvalue weighted by Gasteiger charge is 2.41. The van der Waals surface area contributed by atoms with E-state index in [-0.39, 0.29) is 17.7 Å². The molecule has 1 aliphatic heterocycles. The molecule has 4 rings (SSSR count). The molecule has 5 nitrogen and oxygen atoms in total. The maximum atomic E-state index is 14.8. The third kappa shape index (κ3) is 4.26. The summed E-state index contributed by atoms with van der Waals surface area (Å²) in [5, 5.41) is 10.8. The van der Waals surface area contributed by atoms with Crippen LogP contribution in [0.25, 0.3) is 5.57 Å². The molecular formula is C26H23F2NO4. The summed E-state index contributed by atoms with van der Waals surface area (Å²) in [6, 6.07) is 16.1. The maximum Gasteiger partial charge on any atom is 0.289 e. The fourth-order valence-corrected chi connectivity index (χ4v) is 4.11. The van der Waals surface area contributed by atoms with E-state index in [4.69, 9.17) is 9.47 Å². The Morgan fingerprint density at radius 1 is 0.939 bits per heavy atom. The zero-order valence-corrected chi connectivity index (χ0v) is 18.2. The van der Waals surface area contributed by atoms with Crippen LogP contribution in [-0.2, 0) is 11.2 Å². The number of hydrogen-bond donors (Lipinski definition) is 1. The van der Waals surface area contributed by atoms with Crippen molar-refractivity contribution < 1.29 is 28.2 Å². The van der Waals surface area contributed by atoms with Gasteiger partial charge in [-0.15, -0.1) is 0 Å². The van der Waals surface area contributed by atoms with E-state index in [1.807, 2.05) is 12.1 Å². The lowest BCUT2D eigenvalue weighted by Crippen LogP contribution is -2.32. The lowest BCUT2D eigenvalue weighted by Gasteiger charge is -2.28. The monoisotopic (exact) mass is 451 g/mol. The van der Waals surface area contributed by atoms with Crippen molar-refractivity contribution in [3.8, 4) is 11.5 Å². The SMILES string of the molecule is COc1ccc(CCN2C(=O)C(O)=C(c3ccc(F)cc3)C2c2ccccc2F)cc1OC. The predicted molar refractivity (Wildman–Crippen MR) is 120 cm³/mol. The number of carbonyl (C=O) groups is 1. The topological polar surface area (TPSA) is 59.0 Å². The van der Waals surface area contributed by atoms with Gasteiger partial charge >= 0.3 is 0 Å². The van der Waals surface area contributed by atoms with E-state index < -0.39 is 29.3 Å². The standard InChI is InChI=1S/C26H23F2NO4/c1-32-21-12-7-16(15-22(21)33-2)13-14-29-24(19-5-3-4-6-20(19)28)23(25(30)26(29)31)17-8-10-18(27)11-9-17/h3-12,15,24,30H,13-14H2,1-2H3. The highest BCUT2D eigenvalue weighted by molar-refractivity contribution is 6.05. The van der Waals surface area contributed by atoms with Gasteiger partial charge in [-0.25, -0.2) is 8.78 Å². The minimum absolute atomic E-state index is 0.210. The molecule has 0 aliphatic carbocycles. The average molecular weight is 451 g/mol. The number of aliphatic hydroxyl groups excluding tert-OH is 1. The van der Waals surface area contributed by atoms with Gasteiger partial charge in [0.05, 0.1) is 20.3 Å². The van der Waals surface area contributed by atoms with Crippen LogP contribution in [0.2, 0.25) is 0 Å². The zero-order valence-electron chi connectivity index (χ0n) is 18.2. The summed E-state index contributed by atoms with van der Waals surface area (Å²) < 4.78 is 38.9. The molecule has 1 atom stereocenters. The number of halogens is 2. The third-order valence-electron chi connectivity index (χ3n) is 5.75. The zero-order chi connectivity index (χ0) is 23.5. The molecule has 1 heterocycles. The van der Waals surface area contributed by atoms with Gasteiger partial charge in [0.2, 0.25) is 0 Å². The van der Waals surface area contributed by atoms with Crippen molar-refractivity contribution in [3.63, 3.8) is 0 Å². The van der Waals surface area contributed by atoms with E-state index in [9.17, 15) is 18.7 Å².